The lowest BCUT2D eigenvalue weighted by Gasteiger charge is -2.25. The molecule has 1 fully saturated rings. The summed E-state index contributed by atoms with van der Waals surface area (Å²) in [4.78, 5) is 4.82. The molecule has 2 N–H and O–H groups in total. The Morgan fingerprint density at radius 2 is 2.30 bits per heavy atom. The average molecular weight is 277 g/mol. The molecule has 1 aromatic rings. The molecule has 4 nitrogen and oxygen atoms in total. The van der Waals surface area contributed by atoms with Crippen LogP contribution in [-0.4, -0.2) is 56.2 Å². The Kier molecular flexibility index (Phi) is 5.83. The number of benzene rings is 1. The van der Waals surface area contributed by atoms with Crippen LogP contribution in [0.15, 0.2) is 24.3 Å². The van der Waals surface area contributed by atoms with Crippen molar-refractivity contribution in [3.63, 3.8) is 0 Å². The van der Waals surface area contributed by atoms with Gasteiger partial charge in [-0.15, -0.1) is 0 Å². The maximum atomic E-state index is 5.80. The summed E-state index contributed by atoms with van der Waals surface area (Å²) >= 11 is 0. The van der Waals surface area contributed by atoms with E-state index in [0.717, 1.165) is 31.0 Å². The Morgan fingerprint density at radius 1 is 1.45 bits per heavy atom. The lowest BCUT2D eigenvalue weighted by molar-refractivity contribution is 0.189. The summed E-state index contributed by atoms with van der Waals surface area (Å²) in [5.74, 6) is 0.916. The molecule has 112 valence electrons. The highest BCUT2D eigenvalue weighted by Crippen LogP contribution is 2.15. The lowest BCUT2D eigenvalue weighted by atomic mass is 10.2. The number of nitrogens with zero attached hydrogens (tertiary/aromatic N) is 2. The number of hydrogen-bond acceptors (Lipinski definition) is 4. The number of hydrogen-bond donors (Lipinski definition) is 1. The third-order valence-corrected chi connectivity index (χ3v) is 4.07. The summed E-state index contributed by atoms with van der Waals surface area (Å²) in [5, 5.41) is 0. The van der Waals surface area contributed by atoms with E-state index in [1.165, 1.54) is 19.4 Å². The minimum absolute atomic E-state index is 0.561. The molecule has 0 spiro atoms. The van der Waals surface area contributed by atoms with Crippen molar-refractivity contribution in [2.24, 2.45) is 5.73 Å². The molecule has 1 aromatic carbocycles. The molecular formula is C16H27N3O. The van der Waals surface area contributed by atoms with Crippen LogP contribution in [0.25, 0.3) is 0 Å². The van der Waals surface area contributed by atoms with E-state index in [-0.39, 0.29) is 0 Å². The second kappa shape index (κ2) is 7.62. The summed E-state index contributed by atoms with van der Waals surface area (Å²) in [6.07, 6.45) is 2.65. The Morgan fingerprint density at radius 3 is 3.00 bits per heavy atom. The monoisotopic (exact) mass is 277 g/mol. The van der Waals surface area contributed by atoms with Crippen LogP contribution in [0, 0.1) is 0 Å². The fourth-order valence-electron chi connectivity index (χ4n) is 2.74. The quantitative estimate of drug-likeness (QED) is 0.821. The molecule has 0 amide bonds. The van der Waals surface area contributed by atoms with Gasteiger partial charge in [0.25, 0.3) is 0 Å². The van der Waals surface area contributed by atoms with Crippen molar-refractivity contribution in [2.75, 3.05) is 40.3 Å². The smallest absolute Gasteiger partial charge is 0.119 e. The SMILES string of the molecule is CN(CCOc1cccc(CN)c1)CC1CCCN1C. The van der Waals surface area contributed by atoms with Crippen LogP contribution in [-0.2, 0) is 6.54 Å². The Hall–Kier alpha value is -1.10. The first-order valence-corrected chi connectivity index (χ1v) is 7.49. The van der Waals surface area contributed by atoms with Gasteiger partial charge in [0, 0.05) is 25.7 Å². The van der Waals surface area contributed by atoms with Gasteiger partial charge in [0.15, 0.2) is 0 Å². The highest BCUT2D eigenvalue weighted by Gasteiger charge is 2.21. The van der Waals surface area contributed by atoms with Crippen LogP contribution in [0.4, 0.5) is 0 Å². The number of likely N-dealkylation sites (tertiary alicyclic amines) is 1. The fourth-order valence-corrected chi connectivity index (χ4v) is 2.74. The molecule has 0 saturated carbocycles. The first-order valence-electron chi connectivity index (χ1n) is 7.49. The van der Waals surface area contributed by atoms with Gasteiger partial charge in [-0.25, -0.2) is 0 Å². The Labute approximate surface area is 122 Å². The van der Waals surface area contributed by atoms with E-state index in [1.54, 1.807) is 0 Å². The van der Waals surface area contributed by atoms with E-state index in [4.69, 9.17) is 10.5 Å². The van der Waals surface area contributed by atoms with Gasteiger partial charge in [-0.1, -0.05) is 12.1 Å². The zero-order valence-corrected chi connectivity index (χ0v) is 12.7. The topological polar surface area (TPSA) is 41.7 Å². The number of likely N-dealkylation sites (N-methyl/N-ethyl adjacent to an activating group) is 2. The van der Waals surface area contributed by atoms with Gasteiger partial charge in [0.2, 0.25) is 0 Å². The summed E-state index contributed by atoms with van der Waals surface area (Å²) in [6.45, 7) is 4.60. The molecule has 0 bridgehead atoms. The van der Waals surface area contributed by atoms with E-state index in [9.17, 15) is 0 Å². The van der Waals surface area contributed by atoms with Crippen molar-refractivity contribution in [3.8, 4) is 5.75 Å². The highest BCUT2D eigenvalue weighted by atomic mass is 16.5. The maximum Gasteiger partial charge on any atom is 0.119 e. The predicted molar refractivity (Wildman–Crippen MR) is 83.0 cm³/mol. The van der Waals surface area contributed by atoms with Crippen LogP contribution in [0.5, 0.6) is 5.75 Å². The largest absolute Gasteiger partial charge is 0.492 e. The minimum Gasteiger partial charge on any atom is -0.492 e. The van der Waals surface area contributed by atoms with Crippen molar-refractivity contribution in [1.29, 1.82) is 0 Å². The van der Waals surface area contributed by atoms with Crippen molar-refractivity contribution in [1.82, 2.24) is 9.80 Å². The van der Waals surface area contributed by atoms with Gasteiger partial charge in [0.1, 0.15) is 12.4 Å². The number of nitrogens with two attached hydrogens (primary N) is 1. The zero-order chi connectivity index (χ0) is 14.4. The first-order chi connectivity index (χ1) is 9.69. The molecule has 1 saturated heterocycles. The molecule has 1 unspecified atom stereocenters. The van der Waals surface area contributed by atoms with Crippen LogP contribution in [0.3, 0.4) is 0 Å². The average Bonchev–Trinajstić information content (AvgIpc) is 2.84. The minimum atomic E-state index is 0.561. The first kappa shape index (κ1) is 15.3. The third kappa shape index (κ3) is 4.47. The molecule has 20 heavy (non-hydrogen) atoms. The van der Waals surface area contributed by atoms with Crippen LogP contribution < -0.4 is 10.5 Å². The summed E-state index contributed by atoms with van der Waals surface area (Å²) < 4.78 is 5.80. The molecule has 0 aromatic heterocycles. The second-order valence-corrected chi connectivity index (χ2v) is 5.74. The van der Waals surface area contributed by atoms with Crippen LogP contribution in [0.2, 0.25) is 0 Å². The van der Waals surface area contributed by atoms with Crippen LogP contribution >= 0.6 is 0 Å². The van der Waals surface area contributed by atoms with Gasteiger partial charge < -0.3 is 20.3 Å². The lowest BCUT2D eigenvalue weighted by Crippen LogP contribution is -2.38. The van der Waals surface area contributed by atoms with Crippen molar-refractivity contribution < 1.29 is 4.74 Å². The maximum absolute atomic E-state index is 5.80. The van der Waals surface area contributed by atoms with Crippen molar-refractivity contribution in [3.05, 3.63) is 29.8 Å². The van der Waals surface area contributed by atoms with E-state index in [1.807, 2.05) is 24.3 Å². The molecule has 1 atom stereocenters. The van der Waals surface area contributed by atoms with E-state index in [0.29, 0.717) is 12.6 Å². The normalized spacial score (nSPS) is 19.7. The molecule has 1 heterocycles. The zero-order valence-electron chi connectivity index (χ0n) is 12.7. The molecule has 2 rings (SSSR count). The van der Waals surface area contributed by atoms with E-state index >= 15 is 0 Å². The van der Waals surface area contributed by atoms with Gasteiger partial charge in [0.05, 0.1) is 0 Å². The van der Waals surface area contributed by atoms with Crippen molar-refractivity contribution >= 4 is 0 Å². The van der Waals surface area contributed by atoms with Crippen molar-refractivity contribution in [2.45, 2.75) is 25.4 Å². The molecule has 1 aliphatic rings. The van der Waals surface area contributed by atoms with Gasteiger partial charge in [-0.2, -0.15) is 0 Å². The molecular weight excluding hydrogens is 250 g/mol. The van der Waals surface area contributed by atoms with E-state index in [2.05, 4.69) is 23.9 Å². The molecule has 1 aliphatic heterocycles. The van der Waals surface area contributed by atoms with Gasteiger partial charge in [-0.3, -0.25) is 0 Å². The third-order valence-electron chi connectivity index (χ3n) is 4.07. The van der Waals surface area contributed by atoms with E-state index < -0.39 is 0 Å². The fraction of sp³-hybridized carbons (Fsp3) is 0.625. The molecule has 0 aliphatic carbocycles. The predicted octanol–water partition coefficient (Wildman–Crippen LogP) is 1.55. The number of ether oxygens (including phenoxy) is 1. The summed E-state index contributed by atoms with van der Waals surface area (Å²) in [6, 6.07) is 8.73. The molecule has 4 heteroatoms. The second-order valence-electron chi connectivity index (χ2n) is 5.74. The summed E-state index contributed by atoms with van der Waals surface area (Å²) in [5.41, 5.74) is 6.75. The number of rotatable bonds is 7. The Balaban J connectivity index is 1.69. The standard InChI is InChI=1S/C16H27N3O/c1-18(13-15-6-4-8-19(15)2)9-10-20-16-7-3-5-14(11-16)12-17/h3,5,7,11,15H,4,6,8-10,12-13,17H2,1-2H3. The van der Waals surface area contributed by atoms with Gasteiger partial charge >= 0.3 is 0 Å². The summed E-state index contributed by atoms with van der Waals surface area (Å²) in [7, 11) is 4.39. The Bertz CT molecular complexity index is 410. The van der Waals surface area contributed by atoms with Gasteiger partial charge in [-0.05, 0) is 51.2 Å². The molecule has 0 radical (unpaired) electrons. The van der Waals surface area contributed by atoms with Crippen LogP contribution in [0.1, 0.15) is 18.4 Å². The highest BCUT2D eigenvalue weighted by molar-refractivity contribution is 5.28.